The van der Waals surface area contributed by atoms with Gasteiger partial charge in [-0.15, -0.1) is 11.6 Å². The molecule has 0 heterocycles. The molecule has 2 aromatic rings. The van der Waals surface area contributed by atoms with Crippen molar-refractivity contribution in [2.75, 3.05) is 19.1 Å². The predicted molar refractivity (Wildman–Crippen MR) is 86.1 cm³/mol. The fourth-order valence-corrected chi connectivity index (χ4v) is 1.81. The van der Waals surface area contributed by atoms with E-state index in [1.807, 2.05) is 54.6 Å². The van der Waals surface area contributed by atoms with Crippen LogP contribution in [-0.4, -0.2) is 19.1 Å². The van der Waals surface area contributed by atoms with E-state index >= 15 is 0 Å². The van der Waals surface area contributed by atoms with E-state index in [2.05, 4.69) is 11.8 Å². The normalized spacial score (nSPS) is 9.57. The summed E-state index contributed by atoms with van der Waals surface area (Å²) in [7, 11) is 0. The summed E-state index contributed by atoms with van der Waals surface area (Å²) in [6.45, 7) is 1.000. The van der Waals surface area contributed by atoms with Gasteiger partial charge in [0.1, 0.15) is 24.7 Å². The molecule has 3 heteroatoms. The average Bonchev–Trinajstić information content (AvgIpc) is 2.53. The fraction of sp³-hybridized carbons (Fsp3) is 0.222. The van der Waals surface area contributed by atoms with Gasteiger partial charge in [-0.3, -0.25) is 0 Å². The number of ether oxygens (including phenoxy) is 2. The Labute approximate surface area is 130 Å². The lowest BCUT2D eigenvalue weighted by Crippen LogP contribution is -2.08. The molecule has 0 bridgehead atoms. The third-order valence-corrected chi connectivity index (χ3v) is 2.84. The molecule has 0 atom stereocenters. The Morgan fingerprint density at radius 3 is 2.33 bits per heavy atom. The summed E-state index contributed by atoms with van der Waals surface area (Å²) in [5.41, 5.74) is 0.932. The maximum atomic E-state index is 5.66. The number of alkyl halides is 1. The van der Waals surface area contributed by atoms with E-state index in [1.165, 1.54) is 0 Å². The SMILES string of the molecule is ClCCC#Cc1cccc(OCCOc2ccccc2)c1. The minimum absolute atomic E-state index is 0.494. The van der Waals surface area contributed by atoms with Gasteiger partial charge in [0.25, 0.3) is 0 Å². The summed E-state index contributed by atoms with van der Waals surface area (Å²) in [6, 6.07) is 17.4. The van der Waals surface area contributed by atoms with Crippen LogP contribution in [0.5, 0.6) is 11.5 Å². The molecule has 21 heavy (non-hydrogen) atoms. The third kappa shape index (κ3) is 5.81. The Morgan fingerprint density at radius 1 is 0.857 bits per heavy atom. The van der Waals surface area contributed by atoms with Crippen LogP contribution in [0.25, 0.3) is 0 Å². The van der Waals surface area contributed by atoms with E-state index in [0.717, 1.165) is 17.1 Å². The number of hydrogen-bond acceptors (Lipinski definition) is 2. The van der Waals surface area contributed by atoms with E-state index in [9.17, 15) is 0 Å². The predicted octanol–water partition coefficient (Wildman–Crippen LogP) is 4.12. The Bertz CT molecular complexity index is 599. The molecule has 0 saturated carbocycles. The Kier molecular flexibility index (Phi) is 6.51. The summed E-state index contributed by atoms with van der Waals surface area (Å²) in [6.07, 6.45) is 0.692. The van der Waals surface area contributed by atoms with Crippen molar-refractivity contribution in [3.05, 3.63) is 60.2 Å². The second-order valence-corrected chi connectivity index (χ2v) is 4.66. The van der Waals surface area contributed by atoms with Crippen molar-refractivity contribution in [2.24, 2.45) is 0 Å². The summed E-state index contributed by atoms with van der Waals surface area (Å²) >= 11 is 5.59. The van der Waals surface area contributed by atoms with Crippen molar-refractivity contribution in [2.45, 2.75) is 6.42 Å². The molecule has 0 amide bonds. The van der Waals surface area contributed by atoms with Gasteiger partial charge in [0, 0.05) is 17.9 Å². The summed E-state index contributed by atoms with van der Waals surface area (Å²) in [5.74, 6) is 8.26. The van der Waals surface area contributed by atoms with E-state index < -0.39 is 0 Å². The maximum absolute atomic E-state index is 5.66. The molecule has 2 aromatic carbocycles. The molecular formula is C18H17ClO2. The van der Waals surface area contributed by atoms with Crippen LogP contribution in [0.4, 0.5) is 0 Å². The topological polar surface area (TPSA) is 18.5 Å². The Hall–Kier alpha value is -2.11. The Balaban J connectivity index is 1.78. The van der Waals surface area contributed by atoms with E-state index in [-0.39, 0.29) is 0 Å². The largest absolute Gasteiger partial charge is 0.490 e. The summed E-state index contributed by atoms with van der Waals surface area (Å²) in [4.78, 5) is 0. The van der Waals surface area contributed by atoms with E-state index in [1.54, 1.807) is 0 Å². The van der Waals surface area contributed by atoms with Crippen LogP contribution in [0, 0.1) is 11.8 Å². The lowest BCUT2D eigenvalue weighted by Gasteiger charge is -2.08. The molecular weight excluding hydrogens is 284 g/mol. The van der Waals surface area contributed by atoms with Gasteiger partial charge in [-0.05, 0) is 30.3 Å². The zero-order valence-electron chi connectivity index (χ0n) is 11.7. The van der Waals surface area contributed by atoms with Crippen LogP contribution in [-0.2, 0) is 0 Å². The highest BCUT2D eigenvalue weighted by Gasteiger charge is 1.96. The number of halogens is 1. The van der Waals surface area contributed by atoms with Gasteiger partial charge in [0.15, 0.2) is 0 Å². The number of rotatable bonds is 6. The monoisotopic (exact) mass is 300 g/mol. The number of para-hydroxylation sites is 1. The second kappa shape index (κ2) is 8.94. The van der Waals surface area contributed by atoms with Gasteiger partial charge in [-0.25, -0.2) is 0 Å². The molecule has 0 radical (unpaired) electrons. The quantitative estimate of drug-likeness (QED) is 0.454. The van der Waals surface area contributed by atoms with Gasteiger partial charge in [-0.1, -0.05) is 36.1 Å². The number of benzene rings is 2. The first-order valence-electron chi connectivity index (χ1n) is 6.84. The van der Waals surface area contributed by atoms with Crippen LogP contribution in [0.3, 0.4) is 0 Å². The van der Waals surface area contributed by atoms with Crippen LogP contribution >= 0.6 is 11.6 Å². The zero-order valence-corrected chi connectivity index (χ0v) is 12.5. The van der Waals surface area contributed by atoms with Gasteiger partial charge in [-0.2, -0.15) is 0 Å². The standard InChI is InChI=1S/C18H17ClO2/c19-12-5-4-7-16-8-6-11-18(15-16)21-14-13-20-17-9-2-1-3-10-17/h1-3,6,8-11,15H,5,12-14H2. The van der Waals surface area contributed by atoms with Gasteiger partial charge in [0.2, 0.25) is 0 Å². The molecule has 0 saturated heterocycles. The first-order chi connectivity index (χ1) is 10.4. The minimum Gasteiger partial charge on any atom is -0.490 e. The molecule has 0 aliphatic rings. The molecule has 0 fully saturated rings. The first-order valence-corrected chi connectivity index (χ1v) is 7.37. The van der Waals surface area contributed by atoms with Gasteiger partial charge >= 0.3 is 0 Å². The van der Waals surface area contributed by atoms with Crippen molar-refractivity contribution < 1.29 is 9.47 Å². The van der Waals surface area contributed by atoms with Crippen molar-refractivity contribution >= 4 is 11.6 Å². The molecule has 0 aliphatic carbocycles. The van der Waals surface area contributed by atoms with Crippen LogP contribution in [0.15, 0.2) is 54.6 Å². The van der Waals surface area contributed by atoms with Gasteiger partial charge < -0.3 is 9.47 Å². The Morgan fingerprint density at radius 2 is 1.57 bits per heavy atom. The van der Waals surface area contributed by atoms with E-state index in [0.29, 0.717) is 25.5 Å². The molecule has 0 aliphatic heterocycles. The van der Waals surface area contributed by atoms with Crippen LogP contribution in [0.1, 0.15) is 12.0 Å². The van der Waals surface area contributed by atoms with Crippen molar-refractivity contribution in [3.8, 4) is 23.3 Å². The minimum atomic E-state index is 0.494. The van der Waals surface area contributed by atoms with Crippen molar-refractivity contribution in [1.29, 1.82) is 0 Å². The molecule has 0 N–H and O–H groups in total. The molecule has 108 valence electrons. The highest BCUT2D eigenvalue weighted by molar-refractivity contribution is 6.18. The highest BCUT2D eigenvalue weighted by Crippen LogP contribution is 2.13. The molecule has 2 rings (SSSR count). The average molecular weight is 301 g/mol. The summed E-state index contributed by atoms with van der Waals surface area (Å²) in [5, 5.41) is 0. The van der Waals surface area contributed by atoms with Crippen molar-refractivity contribution in [3.63, 3.8) is 0 Å². The first kappa shape index (κ1) is 15.3. The zero-order chi connectivity index (χ0) is 14.8. The summed E-state index contributed by atoms with van der Waals surface area (Å²) < 4.78 is 11.2. The lowest BCUT2D eigenvalue weighted by molar-refractivity contribution is 0.217. The highest BCUT2D eigenvalue weighted by atomic mass is 35.5. The molecule has 0 aromatic heterocycles. The molecule has 2 nitrogen and oxygen atoms in total. The lowest BCUT2D eigenvalue weighted by atomic mass is 10.2. The van der Waals surface area contributed by atoms with Crippen molar-refractivity contribution in [1.82, 2.24) is 0 Å². The maximum Gasteiger partial charge on any atom is 0.122 e. The van der Waals surface area contributed by atoms with E-state index in [4.69, 9.17) is 21.1 Å². The van der Waals surface area contributed by atoms with Gasteiger partial charge in [0.05, 0.1) is 0 Å². The van der Waals surface area contributed by atoms with Crippen LogP contribution in [0.2, 0.25) is 0 Å². The third-order valence-electron chi connectivity index (χ3n) is 2.65. The molecule has 0 unspecified atom stereocenters. The molecule has 0 spiro atoms. The second-order valence-electron chi connectivity index (χ2n) is 4.28. The smallest absolute Gasteiger partial charge is 0.122 e. The van der Waals surface area contributed by atoms with Crippen LogP contribution < -0.4 is 9.47 Å². The fourth-order valence-electron chi connectivity index (χ4n) is 1.71. The number of hydrogen-bond donors (Lipinski definition) is 0.